The number of aryl methyl sites for hydroxylation is 1. The van der Waals surface area contributed by atoms with Gasteiger partial charge in [-0.2, -0.15) is 13.2 Å². The number of alkyl halides is 4. The Morgan fingerprint density at radius 1 is 1.38 bits per heavy atom. The van der Waals surface area contributed by atoms with Crippen molar-refractivity contribution in [3.63, 3.8) is 0 Å². The van der Waals surface area contributed by atoms with Crippen LogP contribution in [0.3, 0.4) is 0 Å². The van der Waals surface area contributed by atoms with E-state index in [0.717, 1.165) is 6.07 Å². The number of nitrogens with one attached hydrogen (secondary N) is 2. The van der Waals surface area contributed by atoms with Crippen molar-refractivity contribution in [2.75, 3.05) is 23.5 Å². The number of anilines is 1. The first-order valence-electron chi connectivity index (χ1n) is 5.83. The summed E-state index contributed by atoms with van der Waals surface area (Å²) in [6.45, 7) is 1.69. The summed E-state index contributed by atoms with van der Waals surface area (Å²) in [5, 5.41) is 4.59. The highest BCUT2D eigenvalue weighted by atomic mass is 35.5. The summed E-state index contributed by atoms with van der Waals surface area (Å²) in [7, 11) is 0. The molecule has 21 heavy (non-hydrogen) atoms. The first-order valence-corrected chi connectivity index (χ1v) is 7.35. The lowest BCUT2D eigenvalue weighted by Crippen LogP contribution is -2.30. The summed E-state index contributed by atoms with van der Waals surface area (Å²) in [4.78, 5) is 11.7. The minimum atomic E-state index is -4.32. The van der Waals surface area contributed by atoms with E-state index in [-0.39, 0.29) is 23.0 Å². The van der Waals surface area contributed by atoms with E-state index in [0.29, 0.717) is 17.3 Å². The highest BCUT2D eigenvalue weighted by molar-refractivity contribution is 7.99. The molecule has 0 bridgehead atoms. The van der Waals surface area contributed by atoms with Crippen LogP contribution in [-0.4, -0.2) is 30.4 Å². The van der Waals surface area contributed by atoms with Gasteiger partial charge in [0.1, 0.15) is 5.82 Å². The van der Waals surface area contributed by atoms with Gasteiger partial charge in [-0.3, -0.25) is 0 Å². The SMILES string of the molecule is Cc1cc(F)c(NC(=O)NCCCl)cc1SCC(F)(F)F. The second-order valence-corrected chi connectivity index (χ2v) is 5.47. The van der Waals surface area contributed by atoms with Crippen molar-refractivity contribution in [1.82, 2.24) is 5.32 Å². The molecule has 0 spiro atoms. The van der Waals surface area contributed by atoms with Crippen LogP contribution in [0.5, 0.6) is 0 Å². The van der Waals surface area contributed by atoms with Gasteiger partial charge in [-0.05, 0) is 24.6 Å². The fraction of sp³-hybridized carbons (Fsp3) is 0.417. The molecule has 2 amide bonds. The average Bonchev–Trinajstić information content (AvgIpc) is 2.37. The monoisotopic (exact) mass is 344 g/mol. The van der Waals surface area contributed by atoms with Gasteiger partial charge in [-0.1, -0.05) is 0 Å². The van der Waals surface area contributed by atoms with Gasteiger partial charge in [0.15, 0.2) is 0 Å². The number of halogens is 5. The van der Waals surface area contributed by atoms with Crippen LogP contribution >= 0.6 is 23.4 Å². The molecule has 0 atom stereocenters. The first-order chi connectivity index (χ1) is 9.73. The van der Waals surface area contributed by atoms with Crippen molar-refractivity contribution < 1.29 is 22.4 Å². The predicted octanol–water partition coefficient (Wildman–Crippen LogP) is 4.15. The molecule has 3 nitrogen and oxygen atoms in total. The van der Waals surface area contributed by atoms with Gasteiger partial charge >= 0.3 is 12.2 Å². The van der Waals surface area contributed by atoms with Crippen molar-refractivity contribution in [2.45, 2.75) is 18.0 Å². The number of benzene rings is 1. The molecule has 0 aromatic heterocycles. The van der Waals surface area contributed by atoms with Gasteiger partial charge in [0.05, 0.1) is 11.4 Å². The zero-order chi connectivity index (χ0) is 16.0. The Bertz CT molecular complexity index is 511. The van der Waals surface area contributed by atoms with Crippen LogP contribution in [0.4, 0.5) is 28.0 Å². The number of carbonyl (C=O) groups is 1. The zero-order valence-electron chi connectivity index (χ0n) is 11.0. The van der Waals surface area contributed by atoms with E-state index >= 15 is 0 Å². The number of hydrogen-bond donors (Lipinski definition) is 2. The molecule has 0 heterocycles. The van der Waals surface area contributed by atoms with Crippen LogP contribution in [0.25, 0.3) is 0 Å². The Morgan fingerprint density at radius 3 is 2.62 bits per heavy atom. The van der Waals surface area contributed by atoms with Gasteiger partial charge in [-0.15, -0.1) is 23.4 Å². The van der Waals surface area contributed by atoms with E-state index in [1.54, 1.807) is 0 Å². The van der Waals surface area contributed by atoms with E-state index in [2.05, 4.69) is 10.6 Å². The molecule has 1 rings (SSSR count). The summed E-state index contributed by atoms with van der Waals surface area (Å²) < 4.78 is 50.3. The molecular formula is C12H13ClF4N2OS. The summed E-state index contributed by atoms with van der Waals surface area (Å²) in [6.07, 6.45) is -4.32. The Hall–Kier alpha value is -1.15. The fourth-order valence-corrected chi connectivity index (χ4v) is 2.29. The lowest BCUT2D eigenvalue weighted by Gasteiger charge is -2.12. The van der Waals surface area contributed by atoms with Crippen molar-refractivity contribution in [2.24, 2.45) is 0 Å². The molecule has 0 radical (unpaired) electrons. The molecule has 0 aliphatic rings. The molecular weight excluding hydrogens is 332 g/mol. The largest absolute Gasteiger partial charge is 0.398 e. The van der Waals surface area contributed by atoms with E-state index in [9.17, 15) is 22.4 Å². The number of hydrogen-bond acceptors (Lipinski definition) is 2. The molecule has 0 aliphatic carbocycles. The molecule has 9 heteroatoms. The maximum Gasteiger partial charge on any atom is 0.398 e. The van der Waals surface area contributed by atoms with Crippen LogP contribution in [0.15, 0.2) is 17.0 Å². The van der Waals surface area contributed by atoms with Crippen LogP contribution in [-0.2, 0) is 0 Å². The molecule has 118 valence electrons. The maximum absolute atomic E-state index is 13.7. The molecule has 0 fully saturated rings. The maximum atomic E-state index is 13.7. The molecule has 0 saturated heterocycles. The van der Waals surface area contributed by atoms with Gasteiger partial charge in [0.2, 0.25) is 0 Å². The molecule has 1 aromatic rings. The van der Waals surface area contributed by atoms with Crippen LogP contribution in [0.1, 0.15) is 5.56 Å². The van der Waals surface area contributed by atoms with E-state index in [1.807, 2.05) is 0 Å². The highest BCUT2D eigenvalue weighted by Crippen LogP contribution is 2.32. The Kier molecular flexibility index (Phi) is 6.60. The van der Waals surface area contributed by atoms with Crippen molar-refractivity contribution in [3.8, 4) is 0 Å². The Morgan fingerprint density at radius 2 is 2.05 bits per heavy atom. The third-order valence-electron chi connectivity index (χ3n) is 2.28. The quantitative estimate of drug-likeness (QED) is 0.478. The summed E-state index contributed by atoms with van der Waals surface area (Å²) in [5.41, 5.74) is 0.186. The van der Waals surface area contributed by atoms with E-state index in [4.69, 9.17) is 11.6 Å². The number of rotatable bonds is 5. The molecule has 0 saturated carbocycles. The molecule has 1 aromatic carbocycles. The number of thioether (sulfide) groups is 1. The molecule has 0 unspecified atom stereocenters. The summed E-state index contributed by atoms with van der Waals surface area (Å²) in [6, 6.07) is 1.59. The number of amides is 2. The smallest absolute Gasteiger partial charge is 0.337 e. The van der Waals surface area contributed by atoms with Gasteiger partial charge in [-0.25, -0.2) is 9.18 Å². The van der Waals surface area contributed by atoms with E-state index in [1.165, 1.54) is 13.0 Å². The molecule has 2 N–H and O–H groups in total. The number of carbonyl (C=O) groups excluding carboxylic acids is 1. The minimum Gasteiger partial charge on any atom is -0.337 e. The van der Waals surface area contributed by atoms with Crippen LogP contribution in [0, 0.1) is 12.7 Å². The molecule has 0 aliphatic heterocycles. The topological polar surface area (TPSA) is 41.1 Å². The second-order valence-electron chi connectivity index (χ2n) is 4.07. The van der Waals surface area contributed by atoms with Crippen molar-refractivity contribution in [1.29, 1.82) is 0 Å². The van der Waals surface area contributed by atoms with Gasteiger partial charge in [0.25, 0.3) is 0 Å². The van der Waals surface area contributed by atoms with Crippen LogP contribution in [0.2, 0.25) is 0 Å². The fourth-order valence-electron chi connectivity index (χ4n) is 1.39. The standard InChI is InChI=1S/C12H13ClF4N2OS/c1-7-4-8(14)9(19-11(20)18-3-2-13)5-10(7)21-6-12(15,16)17/h4-5H,2-3,6H2,1H3,(H2,18,19,20). The van der Waals surface area contributed by atoms with E-state index < -0.39 is 23.8 Å². The third-order valence-corrected chi connectivity index (χ3v) is 3.70. The van der Waals surface area contributed by atoms with Gasteiger partial charge < -0.3 is 10.6 Å². The van der Waals surface area contributed by atoms with Crippen LogP contribution < -0.4 is 10.6 Å². The first kappa shape index (κ1) is 17.9. The van der Waals surface area contributed by atoms with Crippen molar-refractivity contribution >= 4 is 35.1 Å². The highest BCUT2D eigenvalue weighted by Gasteiger charge is 2.27. The Labute approximate surface area is 128 Å². The second kappa shape index (κ2) is 7.74. The van der Waals surface area contributed by atoms with Gasteiger partial charge in [0, 0.05) is 17.3 Å². The average molecular weight is 345 g/mol. The van der Waals surface area contributed by atoms with Crippen molar-refractivity contribution in [3.05, 3.63) is 23.5 Å². The summed E-state index contributed by atoms with van der Waals surface area (Å²) in [5.74, 6) is -1.61. The number of urea groups is 1. The predicted molar refractivity (Wildman–Crippen MR) is 75.7 cm³/mol. The lowest BCUT2D eigenvalue weighted by molar-refractivity contribution is -0.105. The summed E-state index contributed by atoms with van der Waals surface area (Å²) >= 11 is 5.92. The Balaban J connectivity index is 2.83. The third kappa shape index (κ3) is 6.43. The minimum absolute atomic E-state index is 0.183. The normalized spacial score (nSPS) is 11.3. The lowest BCUT2D eigenvalue weighted by atomic mass is 10.2. The zero-order valence-corrected chi connectivity index (χ0v) is 12.6.